The lowest BCUT2D eigenvalue weighted by Gasteiger charge is -2.32. The van der Waals surface area contributed by atoms with E-state index in [1.54, 1.807) is 0 Å². The molecule has 18 heavy (non-hydrogen) atoms. The van der Waals surface area contributed by atoms with Crippen molar-refractivity contribution in [3.8, 4) is 0 Å². The highest BCUT2D eigenvalue weighted by Gasteiger charge is 2.40. The monoisotopic (exact) mass is 251 g/mol. The van der Waals surface area contributed by atoms with Crippen LogP contribution < -0.4 is 0 Å². The second-order valence-corrected chi connectivity index (χ2v) is 5.22. The highest BCUT2D eigenvalue weighted by molar-refractivity contribution is 5.75. The molecule has 0 spiro atoms. The minimum atomic E-state index is -0.673. The van der Waals surface area contributed by atoms with Gasteiger partial charge in [0.05, 0.1) is 5.41 Å². The number of aromatic nitrogens is 3. The van der Waals surface area contributed by atoms with Crippen molar-refractivity contribution in [2.45, 2.75) is 58.4 Å². The summed E-state index contributed by atoms with van der Waals surface area (Å²) in [5, 5.41) is 13.7. The van der Waals surface area contributed by atoms with Gasteiger partial charge in [0, 0.05) is 13.0 Å². The summed E-state index contributed by atoms with van der Waals surface area (Å²) in [5.41, 5.74) is -0.614. The smallest absolute Gasteiger partial charge is 0.310 e. The number of hydrogen-bond acceptors (Lipinski definition) is 3. The number of aryl methyl sites for hydroxylation is 1. The van der Waals surface area contributed by atoms with Gasteiger partial charge < -0.3 is 5.11 Å². The van der Waals surface area contributed by atoms with Crippen molar-refractivity contribution in [1.82, 2.24) is 14.8 Å². The Bertz CT molecular complexity index is 408. The minimum Gasteiger partial charge on any atom is -0.481 e. The highest BCUT2D eigenvalue weighted by atomic mass is 16.4. The summed E-state index contributed by atoms with van der Waals surface area (Å²) in [7, 11) is 0. The average molecular weight is 251 g/mol. The summed E-state index contributed by atoms with van der Waals surface area (Å²) in [6, 6.07) is 0. The predicted molar refractivity (Wildman–Crippen MR) is 67.2 cm³/mol. The summed E-state index contributed by atoms with van der Waals surface area (Å²) in [6.45, 7) is 2.89. The van der Waals surface area contributed by atoms with Crippen LogP contribution in [-0.4, -0.2) is 25.8 Å². The lowest BCUT2D eigenvalue weighted by molar-refractivity contribution is -0.151. The van der Waals surface area contributed by atoms with Crippen LogP contribution in [0.2, 0.25) is 0 Å². The number of carbonyl (C=O) groups is 1. The minimum absolute atomic E-state index is 0.516. The molecule has 1 aromatic heterocycles. The quantitative estimate of drug-likeness (QED) is 0.871. The van der Waals surface area contributed by atoms with Gasteiger partial charge in [0.1, 0.15) is 12.2 Å². The molecule has 1 N–H and O–H groups in total. The Morgan fingerprint density at radius 2 is 2.17 bits per heavy atom. The van der Waals surface area contributed by atoms with E-state index in [0.717, 1.165) is 50.9 Å². The fourth-order valence-electron chi connectivity index (χ4n) is 2.82. The van der Waals surface area contributed by atoms with E-state index in [9.17, 15) is 9.90 Å². The van der Waals surface area contributed by atoms with Gasteiger partial charge in [-0.25, -0.2) is 4.98 Å². The first-order valence-corrected chi connectivity index (χ1v) is 6.78. The van der Waals surface area contributed by atoms with Gasteiger partial charge in [-0.05, 0) is 19.3 Å². The van der Waals surface area contributed by atoms with Gasteiger partial charge in [-0.3, -0.25) is 9.48 Å². The summed E-state index contributed by atoms with van der Waals surface area (Å²) < 4.78 is 1.85. The molecule has 0 aromatic carbocycles. The average Bonchev–Trinajstić information content (AvgIpc) is 2.78. The molecule has 100 valence electrons. The fraction of sp³-hybridized carbons (Fsp3) is 0.769. The van der Waals surface area contributed by atoms with E-state index >= 15 is 0 Å². The first-order valence-electron chi connectivity index (χ1n) is 6.78. The van der Waals surface area contributed by atoms with Crippen LogP contribution in [0, 0.1) is 5.41 Å². The lowest BCUT2D eigenvalue weighted by Crippen LogP contribution is -2.36. The van der Waals surface area contributed by atoms with Gasteiger partial charge in [-0.2, -0.15) is 5.10 Å². The predicted octanol–water partition coefficient (Wildman–Crippen LogP) is 2.27. The van der Waals surface area contributed by atoms with E-state index in [1.807, 2.05) is 4.68 Å². The van der Waals surface area contributed by atoms with Crippen molar-refractivity contribution >= 4 is 5.97 Å². The van der Waals surface area contributed by atoms with Crippen molar-refractivity contribution in [1.29, 1.82) is 0 Å². The lowest BCUT2D eigenvalue weighted by atomic mass is 9.71. The molecule has 2 rings (SSSR count). The number of carboxylic acid groups (broad SMARTS) is 1. The first-order chi connectivity index (χ1) is 8.68. The summed E-state index contributed by atoms with van der Waals surface area (Å²) >= 11 is 0. The molecule has 0 bridgehead atoms. The second kappa shape index (κ2) is 5.50. The molecular formula is C13H21N3O2. The third-order valence-corrected chi connectivity index (χ3v) is 3.89. The van der Waals surface area contributed by atoms with E-state index in [1.165, 1.54) is 6.33 Å². The van der Waals surface area contributed by atoms with Crippen LogP contribution in [-0.2, 0) is 17.8 Å². The third-order valence-electron chi connectivity index (χ3n) is 3.89. The van der Waals surface area contributed by atoms with Crippen LogP contribution in [0.15, 0.2) is 6.33 Å². The number of hydrogen-bond donors (Lipinski definition) is 1. The second-order valence-electron chi connectivity index (χ2n) is 5.22. The molecule has 0 amide bonds. The molecule has 1 aromatic rings. The van der Waals surface area contributed by atoms with Crippen molar-refractivity contribution in [2.75, 3.05) is 0 Å². The molecule has 1 saturated carbocycles. The van der Waals surface area contributed by atoms with Gasteiger partial charge in [0.15, 0.2) is 0 Å². The van der Waals surface area contributed by atoms with Gasteiger partial charge in [0.2, 0.25) is 0 Å². The fourth-order valence-corrected chi connectivity index (χ4v) is 2.82. The maximum atomic E-state index is 11.6. The molecule has 0 radical (unpaired) electrons. The summed E-state index contributed by atoms with van der Waals surface area (Å²) in [4.78, 5) is 15.9. The van der Waals surface area contributed by atoms with Gasteiger partial charge in [-0.15, -0.1) is 0 Å². The van der Waals surface area contributed by atoms with Crippen LogP contribution in [0.4, 0.5) is 0 Å². The molecule has 5 heteroatoms. The zero-order valence-corrected chi connectivity index (χ0v) is 10.9. The Morgan fingerprint density at radius 1 is 1.44 bits per heavy atom. The van der Waals surface area contributed by atoms with E-state index < -0.39 is 11.4 Å². The van der Waals surface area contributed by atoms with Crippen molar-refractivity contribution < 1.29 is 9.90 Å². The van der Waals surface area contributed by atoms with Gasteiger partial charge in [0.25, 0.3) is 0 Å². The topological polar surface area (TPSA) is 68.0 Å². The van der Waals surface area contributed by atoms with E-state index in [-0.39, 0.29) is 0 Å². The maximum absolute atomic E-state index is 11.6. The van der Waals surface area contributed by atoms with Gasteiger partial charge >= 0.3 is 5.97 Å². The summed E-state index contributed by atoms with van der Waals surface area (Å²) in [6.07, 6.45) is 7.73. The van der Waals surface area contributed by atoms with Crippen LogP contribution in [0.1, 0.15) is 51.3 Å². The van der Waals surface area contributed by atoms with Crippen LogP contribution in [0.3, 0.4) is 0 Å². The number of carboxylic acids is 1. The van der Waals surface area contributed by atoms with Crippen molar-refractivity contribution in [3.05, 3.63) is 12.2 Å². The van der Waals surface area contributed by atoms with Crippen LogP contribution in [0.5, 0.6) is 0 Å². The molecule has 0 aliphatic heterocycles. The Hall–Kier alpha value is -1.39. The number of rotatable bonds is 5. The van der Waals surface area contributed by atoms with E-state index in [0.29, 0.717) is 6.42 Å². The number of aliphatic carboxylic acids is 1. The maximum Gasteiger partial charge on any atom is 0.310 e. The highest BCUT2D eigenvalue weighted by Crippen LogP contribution is 2.39. The van der Waals surface area contributed by atoms with Crippen LogP contribution in [0.25, 0.3) is 0 Å². The summed E-state index contributed by atoms with van der Waals surface area (Å²) in [5.74, 6) is 0.148. The van der Waals surface area contributed by atoms with Crippen molar-refractivity contribution in [2.24, 2.45) is 5.41 Å². The molecule has 1 aliphatic carbocycles. The SMILES string of the molecule is CCCn1ncnc1CC1(C(=O)O)CCCCC1. The zero-order chi connectivity index (χ0) is 13.0. The molecule has 0 unspecified atom stereocenters. The molecular weight excluding hydrogens is 230 g/mol. The largest absolute Gasteiger partial charge is 0.481 e. The Morgan fingerprint density at radius 3 is 2.78 bits per heavy atom. The zero-order valence-electron chi connectivity index (χ0n) is 10.9. The Labute approximate surface area is 107 Å². The number of nitrogens with zero attached hydrogens (tertiary/aromatic N) is 3. The van der Waals surface area contributed by atoms with Crippen LogP contribution >= 0.6 is 0 Å². The Kier molecular flexibility index (Phi) is 3.99. The Balaban J connectivity index is 2.18. The molecule has 1 heterocycles. The molecule has 1 fully saturated rings. The standard InChI is InChI=1S/C13H21N3O2/c1-2-8-16-11(14-10-15-16)9-13(12(17)18)6-4-3-5-7-13/h10H,2-9H2,1H3,(H,17,18). The normalized spacial score (nSPS) is 18.7. The van der Waals surface area contributed by atoms with Crippen molar-refractivity contribution in [3.63, 3.8) is 0 Å². The van der Waals surface area contributed by atoms with Gasteiger partial charge in [-0.1, -0.05) is 26.2 Å². The van der Waals surface area contributed by atoms with E-state index in [4.69, 9.17) is 0 Å². The molecule has 0 atom stereocenters. The first kappa shape index (κ1) is 13.1. The molecule has 1 aliphatic rings. The molecule has 5 nitrogen and oxygen atoms in total. The third kappa shape index (κ3) is 2.54. The van der Waals surface area contributed by atoms with E-state index in [2.05, 4.69) is 17.0 Å². The molecule has 0 saturated heterocycles.